The van der Waals surface area contributed by atoms with Gasteiger partial charge in [0.1, 0.15) is 24.9 Å². The first kappa shape index (κ1) is 28.5. The molecule has 1 fully saturated rings. The maximum Gasteiger partial charge on any atom is 0.407 e. The molecule has 0 radical (unpaired) electrons. The molecule has 8 heteroatoms. The van der Waals surface area contributed by atoms with Crippen LogP contribution in [0.15, 0.2) is 30.3 Å². The third-order valence-electron chi connectivity index (χ3n) is 6.52. The summed E-state index contributed by atoms with van der Waals surface area (Å²) in [6, 6.07) is 7.83. The van der Waals surface area contributed by atoms with Gasteiger partial charge in [0.2, 0.25) is 0 Å². The van der Waals surface area contributed by atoms with E-state index < -0.39 is 49.2 Å². The van der Waals surface area contributed by atoms with Crippen molar-refractivity contribution in [3.8, 4) is 0 Å². The first-order valence-electron chi connectivity index (χ1n) is 12.8. The Labute approximate surface area is 203 Å². The van der Waals surface area contributed by atoms with Crippen LogP contribution in [0.5, 0.6) is 0 Å². The molecule has 6 N–H and O–H groups in total. The SMILES string of the molecule is CCCCCCCCCCCC(N)[C@@H]1O[C@H](CO)[C@@H](O)[C@H](O)[C@H]1NC(=O)OCc1ccccc1. The van der Waals surface area contributed by atoms with Crippen LogP contribution in [-0.2, 0) is 16.1 Å². The molecule has 0 bridgehead atoms. The van der Waals surface area contributed by atoms with Crippen molar-refractivity contribution in [3.05, 3.63) is 35.9 Å². The molecule has 1 amide bonds. The standard InChI is InChI=1S/C26H44N2O6/c1-2-3-4-5-6-7-8-9-13-16-20(27)25-22(24(31)23(30)21(17-29)34-25)28-26(32)33-18-19-14-11-10-12-15-19/h10-12,14-15,20-25,29-31H,2-9,13,16-18,27H2,1H3,(H,28,32)/t20?,21-,22-,23-,24-,25+/m1/s1. The Kier molecular flexibility index (Phi) is 13.5. The number of carbonyl (C=O) groups is 1. The summed E-state index contributed by atoms with van der Waals surface area (Å²) in [6.07, 6.45) is 6.27. The third-order valence-corrected chi connectivity index (χ3v) is 6.52. The van der Waals surface area contributed by atoms with Crippen molar-refractivity contribution in [1.82, 2.24) is 5.32 Å². The number of carbonyl (C=O) groups excluding carboxylic acids is 1. The van der Waals surface area contributed by atoms with Crippen LogP contribution in [0.3, 0.4) is 0 Å². The molecule has 1 saturated heterocycles. The summed E-state index contributed by atoms with van der Waals surface area (Å²) >= 11 is 0. The Morgan fingerprint density at radius 1 is 1.03 bits per heavy atom. The van der Waals surface area contributed by atoms with Crippen molar-refractivity contribution >= 4 is 6.09 Å². The molecule has 6 atom stereocenters. The highest BCUT2D eigenvalue weighted by molar-refractivity contribution is 5.67. The van der Waals surface area contributed by atoms with Crippen LogP contribution in [0.4, 0.5) is 4.79 Å². The molecule has 0 saturated carbocycles. The van der Waals surface area contributed by atoms with Gasteiger partial charge in [-0.1, -0.05) is 95.0 Å². The lowest BCUT2D eigenvalue weighted by molar-refractivity contribution is -0.198. The second-order valence-electron chi connectivity index (χ2n) is 9.32. The fourth-order valence-corrected chi connectivity index (χ4v) is 4.44. The Morgan fingerprint density at radius 2 is 1.65 bits per heavy atom. The number of alkyl carbamates (subject to hydrolysis) is 1. The minimum absolute atomic E-state index is 0.0767. The van der Waals surface area contributed by atoms with E-state index in [0.717, 1.165) is 24.8 Å². The highest BCUT2D eigenvalue weighted by atomic mass is 16.6. The van der Waals surface area contributed by atoms with E-state index in [0.29, 0.717) is 6.42 Å². The summed E-state index contributed by atoms with van der Waals surface area (Å²) in [5.74, 6) is 0. The van der Waals surface area contributed by atoms with Gasteiger partial charge in [0.25, 0.3) is 0 Å². The lowest BCUT2D eigenvalue weighted by Gasteiger charge is -2.44. The molecule has 1 aliphatic heterocycles. The topological polar surface area (TPSA) is 134 Å². The van der Waals surface area contributed by atoms with Gasteiger partial charge < -0.3 is 35.8 Å². The number of rotatable bonds is 15. The number of nitrogens with one attached hydrogen (secondary N) is 1. The first-order chi connectivity index (χ1) is 16.5. The monoisotopic (exact) mass is 480 g/mol. The van der Waals surface area contributed by atoms with Crippen molar-refractivity contribution < 1.29 is 29.6 Å². The lowest BCUT2D eigenvalue weighted by atomic mass is 9.87. The van der Waals surface area contributed by atoms with Crippen molar-refractivity contribution in [3.63, 3.8) is 0 Å². The maximum atomic E-state index is 12.4. The predicted molar refractivity (Wildman–Crippen MR) is 131 cm³/mol. The second-order valence-corrected chi connectivity index (χ2v) is 9.32. The maximum absolute atomic E-state index is 12.4. The highest BCUT2D eigenvalue weighted by Gasteiger charge is 2.47. The van der Waals surface area contributed by atoms with E-state index in [1.165, 1.54) is 38.5 Å². The summed E-state index contributed by atoms with van der Waals surface area (Å²) in [4.78, 5) is 12.4. The normalized spacial score (nSPS) is 25.6. The van der Waals surface area contributed by atoms with Gasteiger partial charge in [0.15, 0.2) is 0 Å². The van der Waals surface area contributed by atoms with E-state index in [1.54, 1.807) is 0 Å². The van der Waals surface area contributed by atoms with Crippen LogP contribution < -0.4 is 11.1 Å². The fourth-order valence-electron chi connectivity index (χ4n) is 4.44. The third kappa shape index (κ3) is 9.50. The number of unbranched alkanes of at least 4 members (excludes halogenated alkanes) is 8. The number of amides is 1. The molecular formula is C26H44N2O6. The molecule has 1 aromatic carbocycles. The predicted octanol–water partition coefficient (Wildman–Crippen LogP) is 3.01. The number of benzene rings is 1. The lowest BCUT2D eigenvalue weighted by Crippen LogP contribution is -2.67. The van der Waals surface area contributed by atoms with Crippen molar-refractivity contribution in [2.45, 2.75) is 114 Å². The molecule has 1 aliphatic rings. The number of aliphatic hydroxyl groups is 3. The van der Waals surface area contributed by atoms with Crippen molar-refractivity contribution in [2.24, 2.45) is 5.73 Å². The zero-order valence-electron chi connectivity index (χ0n) is 20.5. The molecule has 0 aromatic heterocycles. The van der Waals surface area contributed by atoms with Crippen LogP contribution in [-0.4, -0.2) is 64.5 Å². The average molecular weight is 481 g/mol. The number of aliphatic hydroxyl groups excluding tert-OH is 3. The van der Waals surface area contributed by atoms with E-state index >= 15 is 0 Å². The largest absolute Gasteiger partial charge is 0.445 e. The van der Waals surface area contributed by atoms with E-state index in [2.05, 4.69) is 12.2 Å². The molecule has 194 valence electrons. The number of ether oxygens (including phenoxy) is 2. The molecule has 2 rings (SSSR count). The van der Waals surface area contributed by atoms with Crippen LogP contribution in [0.2, 0.25) is 0 Å². The average Bonchev–Trinajstić information content (AvgIpc) is 2.85. The quantitative estimate of drug-likeness (QED) is 0.244. The number of hydrogen-bond acceptors (Lipinski definition) is 7. The van der Waals surface area contributed by atoms with E-state index in [4.69, 9.17) is 15.2 Å². The summed E-state index contributed by atoms with van der Waals surface area (Å²) < 4.78 is 11.1. The summed E-state index contributed by atoms with van der Waals surface area (Å²) in [5.41, 5.74) is 7.24. The molecule has 0 spiro atoms. The van der Waals surface area contributed by atoms with Crippen LogP contribution >= 0.6 is 0 Å². The number of nitrogens with two attached hydrogens (primary N) is 1. The van der Waals surface area contributed by atoms with Crippen LogP contribution in [0.25, 0.3) is 0 Å². The van der Waals surface area contributed by atoms with Gasteiger partial charge in [-0.25, -0.2) is 4.79 Å². The van der Waals surface area contributed by atoms with Crippen LogP contribution in [0.1, 0.15) is 76.7 Å². The minimum atomic E-state index is -1.35. The van der Waals surface area contributed by atoms with E-state index in [1.807, 2.05) is 30.3 Å². The van der Waals surface area contributed by atoms with E-state index in [9.17, 15) is 20.1 Å². The summed E-state index contributed by atoms with van der Waals surface area (Å²) in [5, 5.41) is 33.1. The fraction of sp³-hybridized carbons (Fsp3) is 0.731. The Balaban J connectivity index is 1.84. The Bertz CT molecular complexity index is 677. The van der Waals surface area contributed by atoms with Gasteiger partial charge in [0, 0.05) is 6.04 Å². The minimum Gasteiger partial charge on any atom is -0.445 e. The number of hydrogen-bond donors (Lipinski definition) is 5. The Hall–Kier alpha value is -1.71. The van der Waals surface area contributed by atoms with Gasteiger partial charge in [0.05, 0.1) is 18.8 Å². The molecule has 34 heavy (non-hydrogen) atoms. The molecule has 1 unspecified atom stereocenters. The molecule has 8 nitrogen and oxygen atoms in total. The molecule has 1 aromatic rings. The van der Waals surface area contributed by atoms with Gasteiger partial charge in [-0.3, -0.25) is 0 Å². The Morgan fingerprint density at radius 3 is 2.26 bits per heavy atom. The molecular weight excluding hydrogens is 436 g/mol. The molecule has 0 aliphatic carbocycles. The van der Waals surface area contributed by atoms with Crippen molar-refractivity contribution in [2.75, 3.05) is 6.61 Å². The van der Waals surface area contributed by atoms with Gasteiger partial charge in [-0.05, 0) is 12.0 Å². The summed E-state index contributed by atoms with van der Waals surface area (Å²) in [7, 11) is 0. The smallest absolute Gasteiger partial charge is 0.407 e. The first-order valence-corrected chi connectivity index (χ1v) is 12.8. The van der Waals surface area contributed by atoms with Crippen LogP contribution in [0, 0.1) is 0 Å². The van der Waals surface area contributed by atoms with Gasteiger partial charge in [-0.2, -0.15) is 0 Å². The highest BCUT2D eigenvalue weighted by Crippen LogP contribution is 2.25. The zero-order valence-corrected chi connectivity index (χ0v) is 20.5. The zero-order chi connectivity index (χ0) is 24.8. The second kappa shape index (κ2) is 16.1. The molecule has 1 heterocycles. The van der Waals surface area contributed by atoms with Gasteiger partial charge >= 0.3 is 6.09 Å². The van der Waals surface area contributed by atoms with Crippen molar-refractivity contribution in [1.29, 1.82) is 0 Å². The van der Waals surface area contributed by atoms with E-state index in [-0.39, 0.29) is 6.61 Å². The summed E-state index contributed by atoms with van der Waals surface area (Å²) in [6.45, 7) is 1.84. The van der Waals surface area contributed by atoms with Gasteiger partial charge in [-0.15, -0.1) is 0 Å².